The summed E-state index contributed by atoms with van der Waals surface area (Å²) in [4.78, 5) is 0. The number of halogens is 4. The zero-order chi connectivity index (χ0) is 13.4. The summed E-state index contributed by atoms with van der Waals surface area (Å²) in [5.74, 6) is -0.412. The Morgan fingerprint density at radius 2 is 1.83 bits per heavy atom. The number of benzene rings is 1. The summed E-state index contributed by atoms with van der Waals surface area (Å²) in [5.41, 5.74) is 1.29. The van der Waals surface area contributed by atoms with Crippen molar-refractivity contribution in [2.24, 2.45) is 0 Å². The van der Waals surface area contributed by atoms with E-state index < -0.39 is 11.9 Å². The van der Waals surface area contributed by atoms with E-state index in [1.54, 1.807) is 13.0 Å². The van der Waals surface area contributed by atoms with Crippen molar-refractivity contribution >= 4 is 46.1 Å². The van der Waals surface area contributed by atoms with E-state index in [4.69, 9.17) is 34.8 Å². The number of rotatable bonds is 2. The largest absolute Gasteiger partial charge is 0.384 e. The maximum atomic E-state index is 13.3. The van der Waals surface area contributed by atoms with Crippen LogP contribution >= 0.6 is 46.1 Å². The molecule has 0 saturated heterocycles. The molecule has 6 heteroatoms. The molecule has 0 bridgehead atoms. The highest BCUT2D eigenvalue weighted by atomic mass is 35.5. The van der Waals surface area contributed by atoms with Gasteiger partial charge in [0.25, 0.3) is 0 Å². The number of aryl methyl sites for hydroxylation is 1. The number of thiophene rings is 1. The van der Waals surface area contributed by atoms with E-state index in [9.17, 15) is 9.50 Å². The van der Waals surface area contributed by atoms with Gasteiger partial charge in [-0.25, -0.2) is 4.39 Å². The summed E-state index contributed by atoms with van der Waals surface area (Å²) in [6.45, 7) is 1.60. The third kappa shape index (κ3) is 2.65. The Labute approximate surface area is 123 Å². The van der Waals surface area contributed by atoms with Crippen molar-refractivity contribution in [2.75, 3.05) is 0 Å². The van der Waals surface area contributed by atoms with Crippen LogP contribution in [0.25, 0.3) is 0 Å². The van der Waals surface area contributed by atoms with E-state index in [1.807, 2.05) is 0 Å². The summed E-state index contributed by atoms with van der Waals surface area (Å²) in [5, 5.41) is 10.4. The van der Waals surface area contributed by atoms with E-state index in [-0.39, 0.29) is 5.02 Å². The standard InChI is InChI=1S/C12H8Cl3FOS/c1-5-2-6(8(13)4-9(5)16)11(17)7-3-10(14)18-12(7)15/h2-4,11,17H,1H3. The predicted octanol–water partition coefficient (Wildman–Crippen LogP) is 5.24. The molecule has 2 rings (SSSR count). The monoisotopic (exact) mass is 324 g/mol. The van der Waals surface area contributed by atoms with Gasteiger partial charge in [0.05, 0.1) is 4.34 Å². The van der Waals surface area contributed by atoms with Gasteiger partial charge in [-0.05, 0) is 30.7 Å². The van der Waals surface area contributed by atoms with Crippen molar-refractivity contribution in [1.29, 1.82) is 0 Å². The number of hydrogen-bond donors (Lipinski definition) is 1. The lowest BCUT2D eigenvalue weighted by Gasteiger charge is -2.13. The maximum Gasteiger partial charge on any atom is 0.127 e. The molecule has 0 radical (unpaired) electrons. The van der Waals surface area contributed by atoms with Gasteiger partial charge in [-0.1, -0.05) is 34.8 Å². The molecule has 18 heavy (non-hydrogen) atoms. The Morgan fingerprint density at radius 3 is 2.39 bits per heavy atom. The zero-order valence-corrected chi connectivity index (χ0v) is 12.3. The van der Waals surface area contributed by atoms with Crippen LogP contribution in [0.4, 0.5) is 4.39 Å². The highest BCUT2D eigenvalue weighted by Gasteiger charge is 2.20. The molecule has 0 fully saturated rings. The van der Waals surface area contributed by atoms with Gasteiger partial charge in [-0.2, -0.15) is 0 Å². The third-order valence-electron chi connectivity index (χ3n) is 2.55. The minimum absolute atomic E-state index is 0.156. The Balaban J connectivity index is 2.49. The highest BCUT2D eigenvalue weighted by molar-refractivity contribution is 7.20. The second kappa shape index (κ2) is 5.35. The quantitative estimate of drug-likeness (QED) is 0.801. The van der Waals surface area contributed by atoms with E-state index in [1.165, 1.54) is 12.1 Å². The second-order valence-electron chi connectivity index (χ2n) is 3.80. The van der Waals surface area contributed by atoms with Crippen molar-refractivity contribution < 1.29 is 9.50 Å². The molecule has 1 heterocycles. The first-order chi connectivity index (χ1) is 8.40. The maximum absolute atomic E-state index is 13.3. The summed E-state index contributed by atoms with van der Waals surface area (Å²) < 4.78 is 14.2. The normalized spacial score (nSPS) is 12.8. The minimum atomic E-state index is -1.02. The van der Waals surface area contributed by atoms with Crippen molar-refractivity contribution in [1.82, 2.24) is 0 Å². The van der Waals surface area contributed by atoms with Crippen LogP contribution in [-0.4, -0.2) is 5.11 Å². The van der Waals surface area contributed by atoms with Gasteiger partial charge in [0, 0.05) is 16.1 Å². The summed E-state index contributed by atoms with van der Waals surface area (Å²) >= 11 is 18.9. The lowest BCUT2D eigenvalue weighted by atomic mass is 10.0. The Morgan fingerprint density at radius 1 is 1.17 bits per heavy atom. The van der Waals surface area contributed by atoms with Crippen LogP contribution in [-0.2, 0) is 0 Å². The number of aliphatic hydroxyl groups is 1. The average molecular weight is 326 g/mol. The molecule has 1 N–H and O–H groups in total. The van der Waals surface area contributed by atoms with Crippen molar-refractivity contribution in [3.8, 4) is 0 Å². The van der Waals surface area contributed by atoms with Gasteiger partial charge < -0.3 is 5.11 Å². The molecular formula is C12H8Cl3FOS. The smallest absolute Gasteiger partial charge is 0.127 e. The fraction of sp³-hybridized carbons (Fsp3) is 0.167. The number of hydrogen-bond acceptors (Lipinski definition) is 2. The molecule has 96 valence electrons. The lowest BCUT2D eigenvalue weighted by Crippen LogP contribution is -2.01. The van der Waals surface area contributed by atoms with Gasteiger partial charge in [-0.15, -0.1) is 11.3 Å². The van der Waals surface area contributed by atoms with Gasteiger partial charge in [0.2, 0.25) is 0 Å². The molecule has 0 saturated carbocycles. The Kier molecular flexibility index (Phi) is 4.19. The van der Waals surface area contributed by atoms with Crippen LogP contribution < -0.4 is 0 Å². The molecule has 0 aliphatic heterocycles. The summed E-state index contributed by atoms with van der Waals surface area (Å²) in [7, 11) is 0. The lowest BCUT2D eigenvalue weighted by molar-refractivity contribution is 0.221. The van der Waals surface area contributed by atoms with Crippen molar-refractivity contribution in [2.45, 2.75) is 13.0 Å². The van der Waals surface area contributed by atoms with Gasteiger partial charge in [0.15, 0.2) is 0 Å². The Hall–Kier alpha value is -0.320. The van der Waals surface area contributed by atoms with E-state index in [0.717, 1.165) is 11.3 Å². The predicted molar refractivity (Wildman–Crippen MR) is 74.5 cm³/mol. The van der Waals surface area contributed by atoms with Crippen LogP contribution in [0.5, 0.6) is 0 Å². The Bertz CT molecular complexity index is 597. The van der Waals surface area contributed by atoms with Crippen LogP contribution in [0.2, 0.25) is 13.7 Å². The molecule has 0 spiro atoms. The second-order valence-corrected chi connectivity index (χ2v) is 6.50. The van der Waals surface area contributed by atoms with E-state index >= 15 is 0 Å². The van der Waals surface area contributed by atoms with Gasteiger partial charge >= 0.3 is 0 Å². The fourth-order valence-electron chi connectivity index (χ4n) is 1.60. The molecule has 1 atom stereocenters. The first-order valence-electron chi connectivity index (χ1n) is 4.98. The van der Waals surface area contributed by atoms with E-state index in [2.05, 4.69) is 0 Å². The molecule has 1 nitrogen and oxygen atoms in total. The first kappa shape index (κ1) is 14.1. The van der Waals surface area contributed by atoms with Gasteiger partial charge in [0.1, 0.15) is 16.3 Å². The average Bonchev–Trinajstić information content (AvgIpc) is 2.62. The fourth-order valence-corrected chi connectivity index (χ4v) is 3.37. The summed E-state index contributed by atoms with van der Waals surface area (Å²) in [6.07, 6.45) is -1.02. The summed E-state index contributed by atoms with van der Waals surface area (Å²) in [6, 6.07) is 4.26. The zero-order valence-electron chi connectivity index (χ0n) is 9.18. The molecule has 0 aliphatic rings. The van der Waals surface area contributed by atoms with Crippen LogP contribution in [0.15, 0.2) is 18.2 Å². The minimum Gasteiger partial charge on any atom is -0.384 e. The van der Waals surface area contributed by atoms with Crippen molar-refractivity contribution in [3.05, 3.63) is 54.4 Å². The van der Waals surface area contributed by atoms with E-state index in [0.29, 0.717) is 25.4 Å². The molecular weight excluding hydrogens is 318 g/mol. The van der Waals surface area contributed by atoms with Crippen LogP contribution in [0.1, 0.15) is 22.8 Å². The SMILES string of the molecule is Cc1cc(C(O)c2cc(Cl)sc2Cl)c(Cl)cc1F. The van der Waals surface area contributed by atoms with Crippen LogP contribution in [0.3, 0.4) is 0 Å². The topological polar surface area (TPSA) is 20.2 Å². The molecule has 0 amide bonds. The van der Waals surface area contributed by atoms with Crippen molar-refractivity contribution in [3.63, 3.8) is 0 Å². The molecule has 1 unspecified atom stereocenters. The van der Waals surface area contributed by atoms with Crippen LogP contribution in [0, 0.1) is 12.7 Å². The molecule has 0 aliphatic carbocycles. The molecule has 1 aromatic heterocycles. The number of aliphatic hydroxyl groups excluding tert-OH is 1. The third-order valence-corrected chi connectivity index (χ3v) is 4.40. The molecule has 1 aromatic carbocycles. The first-order valence-corrected chi connectivity index (χ1v) is 6.93. The molecule has 2 aromatic rings. The highest BCUT2D eigenvalue weighted by Crippen LogP contribution is 2.39. The van der Waals surface area contributed by atoms with Gasteiger partial charge in [-0.3, -0.25) is 0 Å².